The van der Waals surface area contributed by atoms with Gasteiger partial charge in [0.05, 0.1) is 24.4 Å². The summed E-state index contributed by atoms with van der Waals surface area (Å²) in [4.78, 5) is 20.8. The second kappa shape index (κ2) is 9.50. The van der Waals surface area contributed by atoms with Gasteiger partial charge in [-0.2, -0.15) is 0 Å². The number of likely N-dealkylation sites (N-methyl/N-ethyl adjacent to an activating group) is 1. The zero-order chi connectivity index (χ0) is 22.7. The van der Waals surface area contributed by atoms with E-state index in [4.69, 9.17) is 21.4 Å². The first-order valence-electron chi connectivity index (χ1n) is 10.4. The predicted octanol–water partition coefficient (Wildman–Crippen LogP) is 3.66. The molecule has 1 aliphatic rings. The predicted molar refractivity (Wildman–Crippen MR) is 126 cm³/mol. The standard InChI is InChI=1S/C24H26N4O3S/c1-27(2)13-14-28-22(21(26-24(28)32)18-9-4-5-12-25-18)20-11-10-19(31-20)16-7-6-8-17(15-16)23(29)30-3/h4-12,15,21-22H,13-14H2,1-3H3,(H,26,32)/t21-,22+/m1/s1. The third-order valence-corrected chi connectivity index (χ3v) is 5.82. The molecule has 2 atom stereocenters. The molecule has 7 nitrogen and oxygen atoms in total. The zero-order valence-electron chi connectivity index (χ0n) is 18.3. The summed E-state index contributed by atoms with van der Waals surface area (Å²) in [7, 11) is 5.45. The molecule has 0 aliphatic carbocycles. The van der Waals surface area contributed by atoms with E-state index < -0.39 is 0 Å². The molecule has 0 amide bonds. The number of benzene rings is 1. The number of carbonyl (C=O) groups is 1. The van der Waals surface area contributed by atoms with Gasteiger partial charge in [0.15, 0.2) is 5.11 Å². The van der Waals surface area contributed by atoms with E-state index in [0.717, 1.165) is 30.1 Å². The first kappa shape index (κ1) is 22.0. The normalized spacial score (nSPS) is 18.1. The smallest absolute Gasteiger partial charge is 0.337 e. The number of methoxy groups -OCH3 is 1. The van der Waals surface area contributed by atoms with Gasteiger partial charge in [0.2, 0.25) is 0 Å². The molecule has 1 saturated heterocycles. The van der Waals surface area contributed by atoms with Crippen molar-refractivity contribution in [3.05, 3.63) is 77.8 Å². The highest BCUT2D eigenvalue weighted by atomic mass is 32.1. The zero-order valence-corrected chi connectivity index (χ0v) is 19.1. The van der Waals surface area contributed by atoms with Gasteiger partial charge in [0.1, 0.15) is 17.6 Å². The number of ether oxygens (including phenoxy) is 1. The van der Waals surface area contributed by atoms with Crippen molar-refractivity contribution >= 4 is 23.3 Å². The van der Waals surface area contributed by atoms with Crippen molar-refractivity contribution in [1.82, 2.24) is 20.1 Å². The van der Waals surface area contributed by atoms with Crippen molar-refractivity contribution in [3.8, 4) is 11.3 Å². The molecule has 2 aromatic heterocycles. The van der Waals surface area contributed by atoms with Gasteiger partial charge in [-0.3, -0.25) is 4.98 Å². The van der Waals surface area contributed by atoms with E-state index >= 15 is 0 Å². The molecule has 8 heteroatoms. The number of rotatable bonds is 7. The summed E-state index contributed by atoms with van der Waals surface area (Å²) in [6.45, 7) is 1.60. The number of nitrogens with zero attached hydrogens (tertiary/aromatic N) is 3. The number of aromatic nitrogens is 1. The Balaban J connectivity index is 1.69. The van der Waals surface area contributed by atoms with E-state index in [2.05, 4.69) is 20.1 Å². The van der Waals surface area contributed by atoms with Crippen molar-refractivity contribution in [1.29, 1.82) is 0 Å². The van der Waals surface area contributed by atoms with E-state index in [1.54, 1.807) is 18.3 Å². The van der Waals surface area contributed by atoms with Gasteiger partial charge in [-0.1, -0.05) is 18.2 Å². The molecule has 0 radical (unpaired) electrons. The van der Waals surface area contributed by atoms with Crippen LogP contribution in [-0.2, 0) is 4.74 Å². The van der Waals surface area contributed by atoms with Crippen LogP contribution in [0.15, 0.2) is 65.2 Å². The fraction of sp³-hybridized carbons (Fsp3) is 0.292. The van der Waals surface area contributed by atoms with E-state index in [9.17, 15) is 4.79 Å². The molecular weight excluding hydrogens is 424 g/mol. The molecule has 3 aromatic rings. The number of thiocarbonyl (C=S) groups is 1. The Morgan fingerprint density at radius 3 is 2.78 bits per heavy atom. The van der Waals surface area contributed by atoms with Crippen LogP contribution in [0.3, 0.4) is 0 Å². The van der Waals surface area contributed by atoms with E-state index in [-0.39, 0.29) is 18.1 Å². The molecule has 166 valence electrons. The molecule has 0 saturated carbocycles. The number of pyridine rings is 1. The van der Waals surface area contributed by atoms with Crippen LogP contribution in [0.2, 0.25) is 0 Å². The second-order valence-electron chi connectivity index (χ2n) is 7.90. The van der Waals surface area contributed by atoms with Crippen LogP contribution in [0.5, 0.6) is 0 Å². The monoisotopic (exact) mass is 450 g/mol. The fourth-order valence-corrected chi connectivity index (χ4v) is 4.18. The third-order valence-electron chi connectivity index (χ3n) is 5.47. The summed E-state index contributed by atoms with van der Waals surface area (Å²) >= 11 is 5.68. The molecule has 0 spiro atoms. The average molecular weight is 451 g/mol. The minimum Gasteiger partial charge on any atom is -0.465 e. The molecule has 1 N–H and O–H groups in total. The van der Waals surface area contributed by atoms with Crippen LogP contribution in [0.4, 0.5) is 0 Å². The summed E-state index contributed by atoms with van der Waals surface area (Å²) in [5.74, 6) is 1.08. The maximum absolute atomic E-state index is 11.9. The molecule has 0 bridgehead atoms. The van der Waals surface area contributed by atoms with Gasteiger partial charge in [0.25, 0.3) is 0 Å². The van der Waals surface area contributed by atoms with Crippen molar-refractivity contribution < 1.29 is 13.9 Å². The first-order chi connectivity index (χ1) is 15.5. The number of hydrogen-bond donors (Lipinski definition) is 1. The van der Waals surface area contributed by atoms with Gasteiger partial charge >= 0.3 is 5.97 Å². The largest absolute Gasteiger partial charge is 0.465 e. The van der Waals surface area contributed by atoms with E-state index in [0.29, 0.717) is 16.4 Å². The highest BCUT2D eigenvalue weighted by Gasteiger charge is 2.41. The number of esters is 1. The Hall–Kier alpha value is -3.23. The number of carbonyl (C=O) groups excluding carboxylic acids is 1. The Labute approximate surface area is 193 Å². The second-order valence-corrected chi connectivity index (χ2v) is 8.28. The highest BCUT2D eigenvalue weighted by molar-refractivity contribution is 7.80. The third kappa shape index (κ3) is 4.51. The SMILES string of the molecule is COC(=O)c1cccc(-c2ccc([C@H]3[C@@H](c4ccccn4)NC(=S)N3CCN(C)C)o2)c1. The lowest BCUT2D eigenvalue weighted by Gasteiger charge is -2.27. The molecule has 1 fully saturated rings. The molecule has 1 aromatic carbocycles. The van der Waals surface area contributed by atoms with E-state index in [1.807, 2.05) is 56.6 Å². The van der Waals surface area contributed by atoms with Crippen molar-refractivity contribution in [2.24, 2.45) is 0 Å². The molecule has 0 unspecified atom stereocenters. The topological polar surface area (TPSA) is 70.8 Å². The maximum atomic E-state index is 11.9. The Morgan fingerprint density at radius 2 is 2.06 bits per heavy atom. The van der Waals surface area contributed by atoms with Crippen LogP contribution in [-0.4, -0.2) is 60.2 Å². The van der Waals surface area contributed by atoms with Crippen molar-refractivity contribution in [2.45, 2.75) is 12.1 Å². The lowest BCUT2D eigenvalue weighted by atomic mass is 10.0. The highest BCUT2D eigenvalue weighted by Crippen LogP contribution is 2.40. The van der Waals surface area contributed by atoms with Gasteiger partial charge in [-0.15, -0.1) is 0 Å². The van der Waals surface area contributed by atoms with E-state index in [1.165, 1.54) is 7.11 Å². The summed E-state index contributed by atoms with van der Waals surface area (Å²) in [5, 5.41) is 4.11. The minimum absolute atomic E-state index is 0.133. The summed E-state index contributed by atoms with van der Waals surface area (Å²) in [6, 6.07) is 16.7. The first-order valence-corrected chi connectivity index (χ1v) is 10.8. The van der Waals surface area contributed by atoms with Gasteiger partial charge in [0, 0.05) is 24.8 Å². The van der Waals surface area contributed by atoms with Gasteiger partial charge in [-0.25, -0.2) is 4.79 Å². The quantitative estimate of drug-likeness (QED) is 0.432. The minimum atomic E-state index is -0.381. The van der Waals surface area contributed by atoms with Crippen molar-refractivity contribution in [3.63, 3.8) is 0 Å². The van der Waals surface area contributed by atoms with Crippen LogP contribution in [0.1, 0.15) is 33.9 Å². The average Bonchev–Trinajstić information content (AvgIpc) is 3.42. The lowest BCUT2D eigenvalue weighted by Crippen LogP contribution is -2.35. The molecule has 32 heavy (non-hydrogen) atoms. The Bertz CT molecular complexity index is 1100. The van der Waals surface area contributed by atoms with Gasteiger partial charge < -0.3 is 24.3 Å². The van der Waals surface area contributed by atoms with Crippen LogP contribution in [0, 0.1) is 0 Å². The maximum Gasteiger partial charge on any atom is 0.337 e. The van der Waals surface area contributed by atoms with Crippen LogP contribution in [0.25, 0.3) is 11.3 Å². The fourth-order valence-electron chi connectivity index (χ4n) is 3.85. The Kier molecular flexibility index (Phi) is 6.53. The lowest BCUT2D eigenvalue weighted by molar-refractivity contribution is 0.0601. The van der Waals surface area contributed by atoms with Crippen molar-refractivity contribution in [2.75, 3.05) is 34.3 Å². The van der Waals surface area contributed by atoms with Crippen LogP contribution < -0.4 is 5.32 Å². The number of nitrogens with one attached hydrogen (secondary N) is 1. The number of hydrogen-bond acceptors (Lipinski definition) is 6. The Morgan fingerprint density at radius 1 is 1.22 bits per heavy atom. The summed E-state index contributed by atoms with van der Waals surface area (Å²) in [6.07, 6.45) is 1.78. The summed E-state index contributed by atoms with van der Waals surface area (Å²) in [5.41, 5.74) is 2.19. The molecule has 4 rings (SSSR count). The number of furan rings is 1. The van der Waals surface area contributed by atoms with Crippen LogP contribution >= 0.6 is 12.2 Å². The molecule has 3 heterocycles. The summed E-state index contributed by atoms with van der Waals surface area (Å²) < 4.78 is 11.2. The molecule has 1 aliphatic heterocycles. The van der Waals surface area contributed by atoms with Gasteiger partial charge in [-0.05, 0) is 62.7 Å². The molecular formula is C24H26N4O3S.